The fourth-order valence-corrected chi connectivity index (χ4v) is 0.921. The second-order valence-electron chi connectivity index (χ2n) is 3.18. The highest BCUT2D eigenvalue weighted by Gasteiger charge is 1.95. The van der Waals surface area contributed by atoms with E-state index < -0.39 is 0 Å². The number of aromatic nitrogens is 2. The smallest absolute Gasteiger partial charge is 0.0528 e. The van der Waals surface area contributed by atoms with E-state index >= 15 is 0 Å². The molecule has 1 aromatic rings. The fraction of sp³-hybridized carbons (Fsp3) is 0.556. The van der Waals surface area contributed by atoms with Gasteiger partial charge in [0, 0.05) is 6.20 Å². The van der Waals surface area contributed by atoms with E-state index in [2.05, 4.69) is 24.0 Å². The van der Waals surface area contributed by atoms with Crippen molar-refractivity contribution in [3.8, 4) is 0 Å². The molecular weight excluding hydrogens is 136 g/mol. The summed E-state index contributed by atoms with van der Waals surface area (Å²) < 4.78 is 0. The average Bonchev–Trinajstić information content (AvgIpc) is 2.03. The van der Waals surface area contributed by atoms with Crippen LogP contribution in [0.4, 0.5) is 0 Å². The third-order valence-electron chi connectivity index (χ3n) is 1.66. The van der Waals surface area contributed by atoms with Gasteiger partial charge in [-0.15, -0.1) is 0 Å². The van der Waals surface area contributed by atoms with Crippen molar-refractivity contribution >= 4 is 0 Å². The highest BCUT2D eigenvalue weighted by molar-refractivity contribution is 5.04. The highest BCUT2D eigenvalue weighted by Crippen LogP contribution is 2.06. The summed E-state index contributed by atoms with van der Waals surface area (Å²) in [6.07, 6.45) is 5.93. The lowest BCUT2D eigenvalue weighted by atomic mass is 10.0. The zero-order valence-corrected chi connectivity index (χ0v) is 7.12. The summed E-state index contributed by atoms with van der Waals surface area (Å²) in [5, 5.41) is 7.54. The number of rotatable bonds is 3. The van der Waals surface area contributed by atoms with Crippen molar-refractivity contribution in [1.82, 2.24) is 10.2 Å². The van der Waals surface area contributed by atoms with Gasteiger partial charge in [0.05, 0.1) is 6.20 Å². The van der Waals surface area contributed by atoms with Crippen LogP contribution in [0.1, 0.15) is 25.8 Å². The molecule has 0 saturated carbocycles. The lowest BCUT2D eigenvalue weighted by molar-refractivity contribution is 0.585. The first-order valence-corrected chi connectivity index (χ1v) is 4.04. The summed E-state index contributed by atoms with van der Waals surface area (Å²) >= 11 is 0. The van der Waals surface area contributed by atoms with E-state index in [1.54, 1.807) is 6.20 Å². The quantitative estimate of drug-likeness (QED) is 0.659. The zero-order chi connectivity index (χ0) is 8.10. The Morgan fingerprint density at radius 1 is 1.36 bits per heavy atom. The van der Waals surface area contributed by atoms with Gasteiger partial charge in [0.2, 0.25) is 0 Å². The Balaban J connectivity index is 2.39. The van der Waals surface area contributed by atoms with Crippen LogP contribution in [0.15, 0.2) is 18.5 Å². The van der Waals surface area contributed by atoms with Crippen molar-refractivity contribution in [1.29, 1.82) is 0 Å². The predicted molar refractivity (Wildman–Crippen MR) is 45.2 cm³/mol. The fourth-order valence-electron chi connectivity index (χ4n) is 0.921. The van der Waals surface area contributed by atoms with Crippen molar-refractivity contribution in [3.05, 3.63) is 24.0 Å². The molecule has 0 atom stereocenters. The van der Waals surface area contributed by atoms with Crippen molar-refractivity contribution < 1.29 is 0 Å². The van der Waals surface area contributed by atoms with Crippen LogP contribution in [0.2, 0.25) is 0 Å². The molecule has 0 aromatic carbocycles. The summed E-state index contributed by atoms with van der Waals surface area (Å²) in [5.41, 5.74) is 1.29. The maximum Gasteiger partial charge on any atom is 0.0528 e. The first kappa shape index (κ1) is 8.18. The molecule has 0 saturated heterocycles. The van der Waals surface area contributed by atoms with E-state index in [4.69, 9.17) is 0 Å². The van der Waals surface area contributed by atoms with E-state index in [0.29, 0.717) is 0 Å². The van der Waals surface area contributed by atoms with Crippen molar-refractivity contribution in [3.63, 3.8) is 0 Å². The van der Waals surface area contributed by atoms with Crippen LogP contribution in [0.5, 0.6) is 0 Å². The van der Waals surface area contributed by atoms with Crippen molar-refractivity contribution in [2.75, 3.05) is 0 Å². The third-order valence-corrected chi connectivity index (χ3v) is 1.66. The monoisotopic (exact) mass is 150 g/mol. The van der Waals surface area contributed by atoms with Gasteiger partial charge in [-0.25, -0.2) is 0 Å². The Kier molecular flexibility index (Phi) is 3.02. The zero-order valence-electron chi connectivity index (χ0n) is 7.12. The minimum Gasteiger partial charge on any atom is -0.159 e. The van der Waals surface area contributed by atoms with Crippen LogP contribution < -0.4 is 0 Å². The van der Waals surface area contributed by atoms with E-state index in [9.17, 15) is 0 Å². The summed E-state index contributed by atoms with van der Waals surface area (Å²) in [5.74, 6) is 0.767. The summed E-state index contributed by atoms with van der Waals surface area (Å²) in [6, 6.07) is 2.02. The van der Waals surface area contributed by atoms with Crippen LogP contribution in [0.3, 0.4) is 0 Å². The van der Waals surface area contributed by atoms with Crippen molar-refractivity contribution in [2.24, 2.45) is 5.92 Å². The Morgan fingerprint density at radius 3 is 2.73 bits per heavy atom. The van der Waals surface area contributed by atoms with Gasteiger partial charge in [-0.3, -0.25) is 0 Å². The van der Waals surface area contributed by atoms with Gasteiger partial charge in [0.25, 0.3) is 0 Å². The molecule has 2 heteroatoms. The molecule has 0 N–H and O–H groups in total. The Morgan fingerprint density at radius 2 is 2.18 bits per heavy atom. The van der Waals surface area contributed by atoms with Crippen LogP contribution >= 0.6 is 0 Å². The van der Waals surface area contributed by atoms with Crippen LogP contribution in [0.25, 0.3) is 0 Å². The second-order valence-corrected chi connectivity index (χ2v) is 3.18. The average molecular weight is 150 g/mol. The molecule has 0 bridgehead atoms. The van der Waals surface area contributed by atoms with Gasteiger partial charge in [0.1, 0.15) is 0 Å². The Labute approximate surface area is 67.7 Å². The number of aryl methyl sites for hydroxylation is 1. The Hall–Kier alpha value is -0.920. The van der Waals surface area contributed by atoms with Gasteiger partial charge in [0.15, 0.2) is 0 Å². The van der Waals surface area contributed by atoms with E-state index in [0.717, 1.165) is 12.3 Å². The van der Waals surface area contributed by atoms with Crippen LogP contribution in [-0.4, -0.2) is 10.2 Å². The molecule has 1 aromatic heterocycles. The molecule has 2 nitrogen and oxygen atoms in total. The normalized spacial score (nSPS) is 10.5. The second kappa shape index (κ2) is 4.06. The van der Waals surface area contributed by atoms with Gasteiger partial charge in [-0.2, -0.15) is 10.2 Å². The maximum atomic E-state index is 3.81. The number of hydrogen-bond acceptors (Lipinski definition) is 2. The topological polar surface area (TPSA) is 25.8 Å². The third kappa shape index (κ3) is 3.12. The molecule has 0 fully saturated rings. The minimum atomic E-state index is 0.767. The molecule has 60 valence electrons. The maximum absolute atomic E-state index is 3.81. The first-order chi connectivity index (χ1) is 5.29. The summed E-state index contributed by atoms with van der Waals surface area (Å²) in [4.78, 5) is 0. The van der Waals surface area contributed by atoms with E-state index in [-0.39, 0.29) is 0 Å². The number of nitrogens with zero attached hydrogens (tertiary/aromatic N) is 2. The standard InChI is InChI=1S/C9H14N2/c1-8(2)3-4-9-5-6-10-11-7-9/h5-8H,3-4H2,1-2H3. The SMILES string of the molecule is CC(C)CCc1ccnnc1. The van der Waals surface area contributed by atoms with Gasteiger partial charge >= 0.3 is 0 Å². The molecule has 0 aliphatic heterocycles. The molecule has 1 heterocycles. The molecule has 0 radical (unpaired) electrons. The summed E-state index contributed by atoms with van der Waals surface area (Å²) in [6.45, 7) is 4.46. The van der Waals surface area contributed by atoms with Gasteiger partial charge in [-0.1, -0.05) is 13.8 Å². The Bertz CT molecular complexity index is 194. The largest absolute Gasteiger partial charge is 0.159 e. The minimum absolute atomic E-state index is 0.767. The van der Waals surface area contributed by atoms with E-state index in [1.807, 2.05) is 12.3 Å². The number of hydrogen-bond donors (Lipinski definition) is 0. The van der Waals surface area contributed by atoms with Gasteiger partial charge < -0.3 is 0 Å². The molecule has 0 aliphatic rings. The lowest BCUT2D eigenvalue weighted by Gasteiger charge is -2.02. The summed E-state index contributed by atoms with van der Waals surface area (Å²) in [7, 11) is 0. The van der Waals surface area contributed by atoms with Crippen molar-refractivity contribution in [2.45, 2.75) is 26.7 Å². The van der Waals surface area contributed by atoms with E-state index in [1.165, 1.54) is 12.0 Å². The van der Waals surface area contributed by atoms with Gasteiger partial charge in [-0.05, 0) is 30.4 Å². The molecular formula is C9H14N2. The molecule has 0 amide bonds. The van der Waals surface area contributed by atoms with Crippen LogP contribution in [0, 0.1) is 5.92 Å². The molecule has 0 unspecified atom stereocenters. The molecule has 11 heavy (non-hydrogen) atoms. The first-order valence-electron chi connectivity index (χ1n) is 4.04. The highest BCUT2D eigenvalue weighted by atomic mass is 15.1. The lowest BCUT2D eigenvalue weighted by Crippen LogP contribution is -1.92. The van der Waals surface area contributed by atoms with Crippen LogP contribution in [-0.2, 0) is 6.42 Å². The molecule has 0 aliphatic carbocycles. The molecule has 1 rings (SSSR count). The predicted octanol–water partition coefficient (Wildman–Crippen LogP) is 2.07. The molecule has 0 spiro atoms.